The van der Waals surface area contributed by atoms with Gasteiger partial charge in [0.2, 0.25) is 10.0 Å². The van der Waals surface area contributed by atoms with Gasteiger partial charge in [-0.25, -0.2) is 8.42 Å². The number of sulfonamides is 1. The molecule has 9 heteroatoms. The second kappa shape index (κ2) is 5.35. The van der Waals surface area contributed by atoms with E-state index in [1.807, 2.05) is 11.9 Å². The fourth-order valence-electron chi connectivity index (χ4n) is 1.99. The van der Waals surface area contributed by atoms with E-state index in [4.69, 9.17) is 0 Å². The predicted molar refractivity (Wildman–Crippen MR) is 71.0 cm³/mol. The summed E-state index contributed by atoms with van der Waals surface area (Å²) in [6.07, 6.45) is 0. The molecule has 1 saturated heterocycles. The standard InChI is InChI=1S/C11H15N3O5S/c1-12-4-6-13(7-5-12)20(18,19)9-2-3-11(15)10(8-9)14(16)17/h2-3,8,15H,4-7H2,1H3. The second-order valence-corrected chi connectivity index (χ2v) is 6.55. The lowest BCUT2D eigenvalue weighted by molar-refractivity contribution is -0.386. The number of benzene rings is 1. The van der Waals surface area contributed by atoms with Crippen molar-refractivity contribution < 1.29 is 18.4 Å². The molecule has 8 nitrogen and oxygen atoms in total. The van der Waals surface area contributed by atoms with Gasteiger partial charge in [-0.3, -0.25) is 10.1 Å². The highest BCUT2D eigenvalue weighted by molar-refractivity contribution is 7.89. The quantitative estimate of drug-likeness (QED) is 0.633. The van der Waals surface area contributed by atoms with Crippen molar-refractivity contribution in [2.24, 2.45) is 0 Å². The molecule has 0 spiro atoms. The Morgan fingerprint density at radius 1 is 1.25 bits per heavy atom. The van der Waals surface area contributed by atoms with E-state index in [0.29, 0.717) is 26.2 Å². The van der Waals surface area contributed by atoms with Crippen LogP contribution >= 0.6 is 0 Å². The molecule has 0 unspecified atom stereocenters. The number of nitro groups is 1. The number of likely N-dealkylation sites (N-methyl/N-ethyl adjacent to an activating group) is 1. The number of aromatic hydroxyl groups is 1. The summed E-state index contributed by atoms with van der Waals surface area (Å²) in [6, 6.07) is 3.10. The molecule has 1 N–H and O–H groups in total. The largest absolute Gasteiger partial charge is 0.502 e. The lowest BCUT2D eigenvalue weighted by Gasteiger charge is -2.31. The molecule has 1 aromatic rings. The van der Waals surface area contributed by atoms with Gasteiger partial charge in [0.1, 0.15) is 0 Å². The third kappa shape index (κ3) is 2.74. The Bertz CT molecular complexity index is 623. The molecule has 1 aliphatic heterocycles. The van der Waals surface area contributed by atoms with Crippen LogP contribution in [-0.4, -0.2) is 60.9 Å². The lowest BCUT2D eigenvalue weighted by atomic mass is 10.3. The summed E-state index contributed by atoms with van der Waals surface area (Å²) in [5.41, 5.74) is -0.611. The first kappa shape index (κ1) is 14.7. The molecule has 0 aliphatic carbocycles. The highest BCUT2D eigenvalue weighted by Crippen LogP contribution is 2.29. The first-order valence-corrected chi connectivity index (χ1v) is 7.42. The smallest absolute Gasteiger partial charge is 0.312 e. The van der Waals surface area contributed by atoms with Gasteiger partial charge < -0.3 is 10.0 Å². The fraction of sp³-hybridized carbons (Fsp3) is 0.455. The Balaban J connectivity index is 2.35. The summed E-state index contributed by atoms with van der Waals surface area (Å²) in [4.78, 5) is 11.8. The molecule has 1 fully saturated rings. The zero-order valence-electron chi connectivity index (χ0n) is 10.9. The molecule has 0 radical (unpaired) electrons. The Morgan fingerprint density at radius 2 is 1.85 bits per heavy atom. The molecule has 0 aromatic heterocycles. The van der Waals surface area contributed by atoms with E-state index in [0.717, 1.165) is 12.1 Å². The number of hydrogen-bond acceptors (Lipinski definition) is 6. The van der Waals surface area contributed by atoms with Crippen molar-refractivity contribution in [3.8, 4) is 5.75 Å². The lowest BCUT2D eigenvalue weighted by Crippen LogP contribution is -2.47. The topological polar surface area (TPSA) is 104 Å². The van der Waals surface area contributed by atoms with Gasteiger partial charge in [-0.1, -0.05) is 0 Å². The van der Waals surface area contributed by atoms with Crippen LogP contribution in [0.25, 0.3) is 0 Å². The van der Waals surface area contributed by atoms with Crippen molar-refractivity contribution in [1.82, 2.24) is 9.21 Å². The monoisotopic (exact) mass is 301 g/mol. The minimum atomic E-state index is -3.77. The third-order valence-corrected chi connectivity index (χ3v) is 5.14. The van der Waals surface area contributed by atoms with Crippen LogP contribution in [0.1, 0.15) is 0 Å². The summed E-state index contributed by atoms with van der Waals surface area (Å²) >= 11 is 0. The number of hydrogen-bond donors (Lipinski definition) is 1. The summed E-state index contributed by atoms with van der Waals surface area (Å²) in [7, 11) is -1.87. The summed E-state index contributed by atoms with van der Waals surface area (Å²) < 4.78 is 26.1. The Morgan fingerprint density at radius 3 is 2.40 bits per heavy atom. The van der Waals surface area contributed by atoms with E-state index >= 15 is 0 Å². The normalized spacial score (nSPS) is 18.1. The molecule has 110 valence electrons. The molecule has 1 heterocycles. The minimum absolute atomic E-state index is 0.174. The maximum Gasteiger partial charge on any atom is 0.312 e. The van der Waals surface area contributed by atoms with Gasteiger partial charge >= 0.3 is 5.69 Å². The zero-order chi connectivity index (χ0) is 14.9. The van der Waals surface area contributed by atoms with Gasteiger partial charge in [-0.05, 0) is 19.2 Å². The molecular weight excluding hydrogens is 286 g/mol. The number of nitro benzene ring substituents is 1. The highest BCUT2D eigenvalue weighted by Gasteiger charge is 2.29. The van der Waals surface area contributed by atoms with Crippen molar-refractivity contribution in [1.29, 1.82) is 0 Å². The maximum atomic E-state index is 12.4. The van der Waals surface area contributed by atoms with Crippen molar-refractivity contribution >= 4 is 15.7 Å². The van der Waals surface area contributed by atoms with Gasteiger partial charge in [0.05, 0.1) is 9.82 Å². The highest BCUT2D eigenvalue weighted by atomic mass is 32.2. The van der Waals surface area contributed by atoms with E-state index in [1.165, 1.54) is 10.4 Å². The van der Waals surface area contributed by atoms with E-state index in [9.17, 15) is 23.6 Å². The van der Waals surface area contributed by atoms with Crippen molar-refractivity contribution in [3.63, 3.8) is 0 Å². The molecule has 0 amide bonds. The summed E-state index contributed by atoms with van der Waals surface area (Å²) in [6.45, 7) is 1.90. The summed E-state index contributed by atoms with van der Waals surface area (Å²) in [5, 5.41) is 20.1. The van der Waals surface area contributed by atoms with Gasteiger partial charge in [0.25, 0.3) is 0 Å². The van der Waals surface area contributed by atoms with Gasteiger partial charge in [-0.2, -0.15) is 4.31 Å². The average molecular weight is 301 g/mol. The zero-order valence-corrected chi connectivity index (χ0v) is 11.7. The SMILES string of the molecule is CN1CCN(S(=O)(=O)c2ccc(O)c([N+](=O)[O-])c2)CC1. The third-order valence-electron chi connectivity index (χ3n) is 3.24. The van der Waals surface area contributed by atoms with Crippen LogP contribution in [0.3, 0.4) is 0 Å². The van der Waals surface area contributed by atoms with Gasteiger partial charge in [-0.15, -0.1) is 0 Å². The molecule has 0 saturated carbocycles. The molecule has 1 aromatic carbocycles. The second-order valence-electron chi connectivity index (χ2n) is 4.61. The van der Waals surface area contributed by atoms with Crippen LogP contribution < -0.4 is 0 Å². The van der Waals surface area contributed by atoms with Crippen LogP contribution in [0.2, 0.25) is 0 Å². The molecular formula is C11H15N3O5S. The number of piperazine rings is 1. The van der Waals surface area contributed by atoms with Crippen molar-refractivity contribution in [3.05, 3.63) is 28.3 Å². The van der Waals surface area contributed by atoms with Gasteiger partial charge in [0, 0.05) is 32.2 Å². The van der Waals surface area contributed by atoms with E-state index in [-0.39, 0.29) is 4.90 Å². The van der Waals surface area contributed by atoms with Crippen LogP contribution in [-0.2, 0) is 10.0 Å². The van der Waals surface area contributed by atoms with E-state index in [2.05, 4.69) is 0 Å². The van der Waals surface area contributed by atoms with Crippen LogP contribution in [0.15, 0.2) is 23.1 Å². The number of phenols is 1. The molecule has 20 heavy (non-hydrogen) atoms. The molecule has 2 rings (SSSR count). The molecule has 1 aliphatic rings. The van der Waals surface area contributed by atoms with Crippen molar-refractivity contribution in [2.75, 3.05) is 33.2 Å². The molecule has 0 bridgehead atoms. The Kier molecular flexibility index (Phi) is 3.93. The van der Waals surface area contributed by atoms with E-state index < -0.39 is 26.4 Å². The van der Waals surface area contributed by atoms with Crippen LogP contribution in [0.4, 0.5) is 5.69 Å². The van der Waals surface area contributed by atoms with Gasteiger partial charge in [0.15, 0.2) is 5.75 Å². The maximum absolute atomic E-state index is 12.4. The predicted octanol–water partition coefficient (Wildman–Crippen LogP) is 0.236. The van der Waals surface area contributed by atoms with Crippen LogP contribution in [0, 0.1) is 10.1 Å². The first-order chi connectivity index (χ1) is 9.32. The summed E-state index contributed by atoms with van der Waals surface area (Å²) in [5.74, 6) is -0.549. The van der Waals surface area contributed by atoms with Crippen LogP contribution in [0.5, 0.6) is 5.75 Å². The fourth-order valence-corrected chi connectivity index (χ4v) is 3.43. The molecule has 0 atom stereocenters. The Labute approximate surface area is 116 Å². The minimum Gasteiger partial charge on any atom is -0.502 e. The number of rotatable bonds is 3. The average Bonchev–Trinajstić information content (AvgIpc) is 2.39. The number of phenolic OH excluding ortho intramolecular Hbond substituents is 1. The first-order valence-electron chi connectivity index (χ1n) is 5.98. The van der Waals surface area contributed by atoms with E-state index in [1.54, 1.807) is 0 Å². The van der Waals surface area contributed by atoms with Crippen molar-refractivity contribution in [2.45, 2.75) is 4.90 Å². The Hall–Kier alpha value is -1.71. The number of nitrogens with zero attached hydrogens (tertiary/aromatic N) is 3.